The Labute approximate surface area is 88.5 Å². The predicted molar refractivity (Wildman–Crippen MR) is 58.3 cm³/mol. The fourth-order valence-electron chi connectivity index (χ4n) is 1.13. The van der Waals surface area contributed by atoms with E-state index < -0.39 is 0 Å². The molecule has 1 aromatic rings. The number of aryl methyl sites for hydroxylation is 2. The minimum Gasteiger partial charge on any atom is -0.395 e. The normalized spacial score (nSPS) is 13.1. The Morgan fingerprint density at radius 3 is 2.93 bits per heavy atom. The molecule has 1 aromatic heterocycles. The van der Waals surface area contributed by atoms with Crippen LogP contribution in [0.25, 0.3) is 0 Å². The number of hydrogen-bond acceptors (Lipinski definition) is 4. The maximum absolute atomic E-state index is 8.74. The van der Waals surface area contributed by atoms with Gasteiger partial charge in [0.05, 0.1) is 17.3 Å². The predicted octanol–water partition coefficient (Wildman–Crippen LogP) is 0.530. The van der Waals surface area contributed by atoms with Crippen LogP contribution >= 0.6 is 11.8 Å². The fraction of sp³-hybridized carbons (Fsp3) is 0.667. The Bertz CT molecular complexity index is 288. The van der Waals surface area contributed by atoms with Crippen LogP contribution in [0.4, 0.5) is 0 Å². The number of hydrogen-bond donors (Lipinski definition) is 2. The van der Waals surface area contributed by atoms with Gasteiger partial charge in [0.2, 0.25) is 0 Å². The van der Waals surface area contributed by atoms with Crippen LogP contribution in [0.3, 0.4) is 0 Å². The van der Waals surface area contributed by atoms with Gasteiger partial charge < -0.3 is 10.8 Å². The minimum atomic E-state index is -0.100. The summed E-state index contributed by atoms with van der Waals surface area (Å²) in [5, 5.41) is 14.1. The lowest BCUT2D eigenvalue weighted by molar-refractivity contribution is 0.264. The molecular formula is C9H17N3OS. The number of rotatable bonds is 5. The van der Waals surface area contributed by atoms with Crippen LogP contribution in [0, 0.1) is 6.92 Å². The highest BCUT2D eigenvalue weighted by Gasteiger charge is 2.04. The molecule has 0 aliphatic rings. The van der Waals surface area contributed by atoms with Crippen LogP contribution in [-0.4, -0.2) is 33.3 Å². The van der Waals surface area contributed by atoms with Crippen molar-refractivity contribution in [1.29, 1.82) is 0 Å². The highest BCUT2D eigenvalue weighted by molar-refractivity contribution is 7.99. The smallest absolute Gasteiger partial charge is 0.0939 e. The summed E-state index contributed by atoms with van der Waals surface area (Å²) in [6, 6.07) is 1.95. The summed E-state index contributed by atoms with van der Waals surface area (Å²) < 4.78 is 1.87. The summed E-state index contributed by atoms with van der Waals surface area (Å²) in [5.41, 5.74) is 6.62. The molecule has 3 N–H and O–H groups in total. The van der Waals surface area contributed by atoms with Crippen molar-refractivity contribution in [2.45, 2.75) is 24.4 Å². The summed E-state index contributed by atoms with van der Waals surface area (Å²) in [7, 11) is 1.93. The van der Waals surface area contributed by atoms with Gasteiger partial charge in [0.15, 0.2) is 0 Å². The van der Waals surface area contributed by atoms with E-state index in [2.05, 4.69) is 11.2 Å². The zero-order chi connectivity index (χ0) is 10.6. The maximum Gasteiger partial charge on any atom is 0.0939 e. The molecule has 0 spiro atoms. The number of thioether (sulfide) groups is 1. The molecule has 1 atom stereocenters. The maximum atomic E-state index is 8.74. The van der Waals surface area contributed by atoms with Crippen molar-refractivity contribution in [1.82, 2.24) is 9.78 Å². The van der Waals surface area contributed by atoms with E-state index in [0.29, 0.717) is 0 Å². The lowest BCUT2D eigenvalue weighted by Gasteiger charge is -2.06. The van der Waals surface area contributed by atoms with Gasteiger partial charge in [-0.25, -0.2) is 0 Å². The van der Waals surface area contributed by atoms with Gasteiger partial charge in [0, 0.05) is 18.8 Å². The molecule has 80 valence electrons. The van der Waals surface area contributed by atoms with Gasteiger partial charge in [-0.05, 0) is 19.4 Å². The summed E-state index contributed by atoms with van der Waals surface area (Å²) in [5.74, 6) is 0.917. The van der Waals surface area contributed by atoms with Gasteiger partial charge in [0.1, 0.15) is 0 Å². The quantitative estimate of drug-likeness (QED) is 0.703. The number of nitrogens with two attached hydrogens (primary N) is 1. The van der Waals surface area contributed by atoms with Crippen LogP contribution in [0.1, 0.15) is 12.1 Å². The molecule has 5 heteroatoms. The van der Waals surface area contributed by atoms with Crippen molar-refractivity contribution in [2.75, 3.05) is 12.4 Å². The molecule has 14 heavy (non-hydrogen) atoms. The van der Waals surface area contributed by atoms with E-state index in [-0.39, 0.29) is 12.6 Å². The van der Waals surface area contributed by atoms with Gasteiger partial charge in [-0.1, -0.05) is 0 Å². The van der Waals surface area contributed by atoms with Gasteiger partial charge in [-0.2, -0.15) is 5.10 Å². The van der Waals surface area contributed by atoms with E-state index in [1.807, 2.05) is 18.7 Å². The molecule has 0 saturated heterocycles. The first kappa shape index (κ1) is 11.6. The molecule has 1 unspecified atom stereocenters. The molecule has 0 bridgehead atoms. The molecule has 1 heterocycles. The SMILES string of the molecule is Cc1cc(SCCC(N)CO)n(C)n1. The lowest BCUT2D eigenvalue weighted by atomic mass is 10.3. The van der Waals surface area contributed by atoms with Crippen molar-refractivity contribution in [3.63, 3.8) is 0 Å². The fourth-order valence-corrected chi connectivity index (χ4v) is 2.24. The van der Waals surface area contributed by atoms with Crippen molar-refractivity contribution in [3.8, 4) is 0 Å². The largest absolute Gasteiger partial charge is 0.395 e. The van der Waals surface area contributed by atoms with E-state index in [4.69, 9.17) is 10.8 Å². The standard InChI is InChI=1S/C9H17N3OS/c1-7-5-9(12(2)11-7)14-4-3-8(10)6-13/h5,8,13H,3-4,6,10H2,1-2H3. The molecule has 0 amide bonds. The molecule has 0 radical (unpaired) electrons. The monoisotopic (exact) mass is 215 g/mol. The molecule has 0 aromatic carbocycles. The van der Waals surface area contributed by atoms with Gasteiger partial charge >= 0.3 is 0 Å². The lowest BCUT2D eigenvalue weighted by Crippen LogP contribution is -2.24. The average Bonchev–Trinajstić information content (AvgIpc) is 2.45. The summed E-state index contributed by atoms with van der Waals surface area (Å²) in [6.45, 7) is 2.04. The van der Waals surface area contributed by atoms with Crippen LogP contribution < -0.4 is 5.73 Å². The molecule has 0 fully saturated rings. The van der Waals surface area contributed by atoms with E-state index in [1.54, 1.807) is 11.8 Å². The van der Waals surface area contributed by atoms with E-state index in [0.717, 1.165) is 22.9 Å². The van der Waals surface area contributed by atoms with E-state index in [1.165, 1.54) is 0 Å². The van der Waals surface area contributed by atoms with Crippen molar-refractivity contribution in [3.05, 3.63) is 11.8 Å². The van der Waals surface area contributed by atoms with Gasteiger partial charge in [-0.3, -0.25) is 4.68 Å². The zero-order valence-corrected chi connectivity index (χ0v) is 9.42. The van der Waals surface area contributed by atoms with Gasteiger partial charge in [-0.15, -0.1) is 11.8 Å². The highest BCUT2D eigenvalue weighted by Crippen LogP contribution is 2.19. The van der Waals surface area contributed by atoms with E-state index >= 15 is 0 Å². The van der Waals surface area contributed by atoms with Crippen LogP contribution in [-0.2, 0) is 7.05 Å². The van der Waals surface area contributed by atoms with Gasteiger partial charge in [0.25, 0.3) is 0 Å². The number of nitrogens with zero attached hydrogens (tertiary/aromatic N) is 2. The van der Waals surface area contributed by atoms with Crippen LogP contribution in [0.15, 0.2) is 11.1 Å². The topological polar surface area (TPSA) is 64.1 Å². The van der Waals surface area contributed by atoms with Crippen molar-refractivity contribution in [2.24, 2.45) is 12.8 Å². The Morgan fingerprint density at radius 2 is 2.43 bits per heavy atom. The Hall–Kier alpha value is -0.520. The first-order valence-electron chi connectivity index (χ1n) is 4.63. The second-order valence-corrected chi connectivity index (χ2v) is 4.44. The molecular weight excluding hydrogens is 198 g/mol. The van der Waals surface area contributed by atoms with Crippen LogP contribution in [0.2, 0.25) is 0 Å². The average molecular weight is 215 g/mol. The zero-order valence-electron chi connectivity index (χ0n) is 8.60. The first-order chi connectivity index (χ1) is 6.63. The van der Waals surface area contributed by atoms with Crippen molar-refractivity contribution >= 4 is 11.8 Å². The minimum absolute atomic E-state index is 0.0605. The molecule has 4 nitrogen and oxygen atoms in total. The molecule has 0 aliphatic carbocycles. The third kappa shape index (κ3) is 3.32. The van der Waals surface area contributed by atoms with Crippen LogP contribution in [0.5, 0.6) is 0 Å². The Balaban J connectivity index is 2.34. The number of aromatic nitrogens is 2. The second kappa shape index (κ2) is 5.38. The Morgan fingerprint density at radius 1 is 1.71 bits per heavy atom. The molecule has 0 saturated carbocycles. The third-order valence-electron chi connectivity index (χ3n) is 1.93. The van der Waals surface area contributed by atoms with Crippen molar-refractivity contribution < 1.29 is 5.11 Å². The molecule has 1 rings (SSSR count). The first-order valence-corrected chi connectivity index (χ1v) is 5.62. The summed E-state index contributed by atoms with van der Waals surface area (Å²) in [4.78, 5) is 0. The number of aliphatic hydroxyl groups excluding tert-OH is 1. The highest BCUT2D eigenvalue weighted by atomic mass is 32.2. The summed E-state index contributed by atoms with van der Waals surface area (Å²) >= 11 is 1.72. The second-order valence-electron chi connectivity index (χ2n) is 3.33. The molecule has 0 aliphatic heterocycles. The van der Waals surface area contributed by atoms with E-state index in [9.17, 15) is 0 Å². The Kier molecular flexibility index (Phi) is 4.44. The number of aliphatic hydroxyl groups is 1. The summed E-state index contributed by atoms with van der Waals surface area (Å²) in [6.07, 6.45) is 0.825. The third-order valence-corrected chi connectivity index (χ3v) is 3.05.